The Kier molecular flexibility index (Phi) is 5.30. The maximum atomic E-state index is 12.9. The molecule has 1 aliphatic rings. The van der Waals surface area contributed by atoms with Crippen molar-refractivity contribution in [3.05, 3.63) is 65.7 Å². The molecule has 1 fully saturated rings. The third-order valence-electron chi connectivity index (χ3n) is 4.19. The van der Waals surface area contributed by atoms with Gasteiger partial charge in [0.15, 0.2) is 0 Å². The van der Waals surface area contributed by atoms with Crippen LogP contribution >= 0.6 is 0 Å². The van der Waals surface area contributed by atoms with Crippen LogP contribution < -0.4 is 5.32 Å². The molecule has 3 rings (SSSR count). The molecule has 0 spiro atoms. The lowest BCUT2D eigenvalue weighted by atomic mass is 10.2. The third-order valence-corrected chi connectivity index (χ3v) is 4.19. The maximum absolute atomic E-state index is 12.9. The number of hydrogen-bond acceptors (Lipinski definition) is 4. The van der Waals surface area contributed by atoms with E-state index in [1.54, 1.807) is 41.3 Å². The minimum absolute atomic E-state index is 0.0909. The SMILES string of the molecule is O=C(NC(=Cc1ccco1)C(=O)N1CCC[C@H]1CO)c1ccccc1. The second-order valence-corrected chi connectivity index (χ2v) is 5.87. The molecular weight excluding hydrogens is 320 g/mol. The summed E-state index contributed by atoms with van der Waals surface area (Å²) in [6.07, 6.45) is 4.59. The minimum Gasteiger partial charge on any atom is -0.465 e. The lowest BCUT2D eigenvalue weighted by Crippen LogP contribution is -2.42. The lowest BCUT2D eigenvalue weighted by Gasteiger charge is -2.24. The summed E-state index contributed by atoms with van der Waals surface area (Å²) in [6, 6.07) is 11.9. The second kappa shape index (κ2) is 7.81. The Balaban J connectivity index is 1.85. The van der Waals surface area contributed by atoms with Gasteiger partial charge in [-0.1, -0.05) is 18.2 Å². The van der Waals surface area contributed by atoms with Gasteiger partial charge in [0.2, 0.25) is 0 Å². The Morgan fingerprint density at radius 1 is 1.24 bits per heavy atom. The number of likely N-dealkylation sites (tertiary alicyclic amines) is 1. The molecule has 0 bridgehead atoms. The zero-order chi connectivity index (χ0) is 17.6. The number of aliphatic hydroxyl groups excluding tert-OH is 1. The molecule has 1 atom stereocenters. The molecule has 130 valence electrons. The van der Waals surface area contributed by atoms with Crippen molar-refractivity contribution in [2.45, 2.75) is 18.9 Å². The minimum atomic E-state index is -0.369. The second-order valence-electron chi connectivity index (χ2n) is 5.87. The van der Waals surface area contributed by atoms with Crippen molar-refractivity contribution in [1.82, 2.24) is 10.2 Å². The highest BCUT2D eigenvalue weighted by Gasteiger charge is 2.30. The number of aliphatic hydroxyl groups is 1. The Morgan fingerprint density at radius 2 is 2.04 bits per heavy atom. The summed E-state index contributed by atoms with van der Waals surface area (Å²) in [5.41, 5.74) is 0.588. The average Bonchev–Trinajstić information content (AvgIpc) is 3.32. The van der Waals surface area contributed by atoms with Crippen molar-refractivity contribution >= 4 is 17.9 Å². The van der Waals surface area contributed by atoms with Gasteiger partial charge in [-0.3, -0.25) is 9.59 Å². The highest BCUT2D eigenvalue weighted by atomic mass is 16.3. The molecule has 0 radical (unpaired) electrons. The van der Waals surface area contributed by atoms with Crippen molar-refractivity contribution < 1.29 is 19.1 Å². The van der Waals surface area contributed by atoms with E-state index in [0.717, 1.165) is 12.8 Å². The number of hydrogen-bond donors (Lipinski definition) is 2. The quantitative estimate of drug-likeness (QED) is 0.816. The highest BCUT2D eigenvalue weighted by molar-refractivity contribution is 6.05. The number of furan rings is 1. The third kappa shape index (κ3) is 3.97. The topological polar surface area (TPSA) is 82.8 Å². The van der Waals surface area contributed by atoms with Gasteiger partial charge >= 0.3 is 0 Å². The van der Waals surface area contributed by atoms with E-state index in [1.165, 1.54) is 12.3 Å². The molecule has 25 heavy (non-hydrogen) atoms. The molecule has 6 heteroatoms. The predicted octanol–water partition coefficient (Wildman–Crippen LogP) is 2.03. The fraction of sp³-hybridized carbons (Fsp3) is 0.263. The summed E-state index contributed by atoms with van der Waals surface area (Å²) in [5, 5.41) is 12.1. The molecule has 1 aromatic carbocycles. The lowest BCUT2D eigenvalue weighted by molar-refractivity contribution is -0.128. The number of carbonyl (C=O) groups is 2. The van der Waals surface area contributed by atoms with Crippen LogP contribution in [-0.2, 0) is 4.79 Å². The van der Waals surface area contributed by atoms with E-state index in [1.807, 2.05) is 6.07 Å². The number of benzene rings is 1. The molecule has 2 aromatic rings. The van der Waals surface area contributed by atoms with E-state index in [0.29, 0.717) is 17.9 Å². The van der Waals surface area contributed by atoms with Gasteiger partial charge in [-0.05, 0) is 37.1 Å². The first-order valence-electron chi connectivity index (χ1n) is 8.22. The largest absolute Gasteiger partial charge is 0.465 e. The number of amides is 2. The number of nitrogens with zero attached hydrogens (tertiary/aromatic N) is 1. The van der Waals surface area contributed by atoms with E-state index in [9.17, 15) is 14.7 Å². The van der Waals surface area contributed by atoms with Crippen LogP contribution in [0.15, 0.2) is 58.8 Å². The van der Waals surface area contributed by atoms with Gasteiger partial charge in [-0.2, -0.15) is 0 Å². The Morgan fingerprint density at radius 3 is 2.72 bits per heavy atom. The molecule has 2 amide bonds. The van der Waals surface area contributed by atoms with Gasteiger partial charge in [0.25, 0.3) is 11.8 Å². The molecule has 1 aromatic heterocycles. The number of nitrogens with one attached hydrogen (secondary N) is 1. The first-order valence-corrected chi connectivity index (χ1v) is 8.22. The molecule has 2 heterocycles. The van der Waals surface area contributed by atoms with Crippen molar-refractivity contribution in [3.63, 3.8) is 0 Å². The van der Waals surface area contributed by atoms with Gasteiger partial charge in [0, 0.05) is 18.2 Å². The van der Waals surface area contributed by atoms with Gasteiger partial charge in [-0.25, -0.2) is 0 Å². The van der Waals surface area contributed by atoms with Crippen LogP contribution in [0.1, 0.15) is 29.0 Å². The van der Waals surface area contributed by atoms with Crippen LogP contribution in [0.25, 0.3) is 6.08 Å². The summed E-state index contributed by atoms with van der Waals surface area (Å²) in [5.74, 6) is -0.222. The normalized spacial score (nSPS) is 17.6. The van der Waals surface area contributed by atoms with Gasteiger partial charge in [0.05, 0.1) is 18.9 Å². The summed E-state index contributed by atoms with van der Waals surface area (Å²) in [6.45, 7) is 0.465. The number of rotatable bonds is 5. The van der Waals surface area contributed by atoms with Gasteiger partial charge in [0.1, 0.15) is 11.5 Å². The van der Waals surface area contributed by atoms with Gasteiger partial charge in [-0.15, -0.1) is 0 Å². The smallest absolute Gasteiger partial charge is 0.270 e. The maximum Gasteiger partial charge on any atom is 0.270 e. The van der Waals surface area contributed by atoms with Crippen LogP contribution in [0.3, 0.4) is 0 Å². The molecule has 0 aliphatic carbocycles. The summed E-state index contributed by atoms with van der Waals surface area (Å²) >= 11 is 0. The summed E-state index contributed by atoms with van der Waals surface area (Å²) < 4.78 is 5.27. The van der Waals surface area contributed by atoms with Crippen LogP contribution in [0.5, 0.6) is 0 Å². The van der Waals surface area contributed by atoms with E-state index >= 15 is 0 Å². The molecule has 0 unspecified atom stereocenters. The van der Waals surface area contributed by atoms with E-state index < -0.39 is 0 Å². The summed E-state index contributed by atoms with van der Waals surface area (Å²) in [4.78, 5) is 26.9. The van der Waals surface area contributed by atoms with Crippen LogP contribution in [0, 0.1) is 0 Å². The Labute approximate surface area is 145 Å². The number of carbonyl (C=O) groups excluding carboxylic acids is 2. The standard InChI is InChI=1S/C19H20N2O4/c22-13-15-8-4-10-21(15)19(24)17(12-16-9-5-11-25-16)20-18(23)14-6-2-1-3-7-14/h1-3,5-7,9,11-12,15,22H,4,8,10,13H2,(H,20,23)/t15-/m0/s1. The van der Waals surface area contributed by atoms with Crippen molar-refractivity contribution in [3.8, 4) is 0 Å². The Hall–Kier alpha value is -2.86. The van der Waals surface area contributed by atoms with E-state index in [-0.39, 0.29) is 30.2 Å². The van der Waals surface area contributed by atoms with Gasteiger partial charge < -0.3 is 19.7 Å². The first kappa shape index (κ1) is 17.0. The van der Waals surface area contributed by atoms with Crippen LogP contribution in [-0.4, -0.2) is 41.0 Å². The van der Waals surface area contributed by atoms with E-state index in [4.69, 9.17) is 4.42 Å². The predicted molar refractivity (Wildman–Crippen MR) is 92.4 cm³/mol. The molecular formula is C19H20N2O4. The van der Waals surface area contributed by atoms with Crippen molar-refractivity contribution in [2.75, 3.05) is 13.2 Å². The molecule has 1 saturated heterocycles. The molecule has 0 saturated carbocycles. The zero-order valence-electron chi connectivity index (χ0n) is 13.7. The molecule has 2 N–H and O–H groups in total. The first-order chi connectivity index (χ1) is 12.2. The molecule has 1 aliphatic heterocycles. The highest BCUT2D eigenvalue weighted by Crippen LogP contribution is 2.20. The van der Waals surface area contributed by atoms with Crippen LogP contribution in [0.4, 0.5) is 0 Å². The van der Waals surface area contributed by atoms with Crippen molar-refractivity contribution in [1.29, 1.82) is 0 Å². The molecule has 6 nitrogen and oxygen atoms in total. The van der Waals surface area contributed by atoms with E-state index in [2.05, 4.69) is 5.32 Å². The summed E-state index contributed by atoms with van der Waals surface area (Å²) in [7, 11) is 0. The van der Waals surface area contributed by atoms with Crippen LogP contribution in [0.2, 0.25) is 0 Å². The fourth-order valence-corrected chi connectivity index (χ4v) is 2.90. The zero-order valence-corrected chi connectivity index (χ0v) is 13.7. The Bertz CT molecular complexity index is 753. The monoisotopic (exact) mass is 340 g/mol. The average molecular weight is 340 g/mol. The van der Waals surface area contributed by atoms with Crippen molar-refractivity contribution in [2.24, 2.45) is 0 Å². The fourth-order valence-electron chi connectivity index (χ4n) is 2.90.